The monoisotopic (exact) mass is 352 g/mol. The van der Waals surface area contributed by atoms with Crippen LogP contribution < -0.4 is 0 Å². The minimum absolute atomic E-state index is 0.101. The number of nitrogens with zero attached hydrogens (tertiary/aromatic N) is 4. The van der Waals surface area contributed by atoms with E-state index in [0.29, 0.717) is 5.25 Å². The summed E-state index contributed by atoms with van der Waals surface area (Å²) in [7, 11) is 0. The standard InChI is InChI=1S/C20H24N4S/c1-12-10-16(14(3)24(12)15-7-8-15)19-18(17-6-4-5-9-21-17)22-20-23(19)11-13(2)25-20/h4-6,9-10,13,15,18-19H,7-8,11H2,1-3H3/t13-,18-,19+/m0/s1. The van der Waals surface area contributed by atoms with Crippen LogP contribution in [0.25, 0.3) is 0 Å². The Balaban J connectivity index is 1.61. The Bertz CT molecular complexity index is 837. The first-order valence-corrected chi connectivity index (χ1v) is 10.1. The smallest absolute Gasteiger partial charge is 0.160 e. The van der Waals surface area contributed by atoms with Gasteiger partial charge in [0.1, 0.15) is 6.04 Å². The molecule has 0 N–H and O–H groups in total. The molecule has 3 atom stereocenters. The maximum absolute atomic E-state index is 5.10. The molecule has 4 heterocycles. The molecule has 0 spiro atoms. The zero-order valence-electron chi connectivity index (χ0n) is 15.0. The van der Waals surface area contributed by atoms with Crippen LogP contribution in [0.15, 0.2) is 35.5 Å². The van der Waals surface area contributed by atoms with Crippen LogP contribution in [0.1, 0.15) is 60.5 Å². The molecule has 0 bridgehead atoms. The number of thioether (sulfide) groups is 1. The molecule has 0 amide bonds. The van der Waals surface area contributed by atoms with Gasteiger partial charge in [-0.3, -0.25) is 9.98 Å². The summed E-state index contributed by atoms with van der Waals surface area (Å²) in [6.45, 7) is 7.92. The predicted molar refractivity (Wildman–Crippen MR) is 103 cm³/mol. The first-order chi connectivity index (χ1) is 12.1. The molecular formula is C20H24N4S. The van der Waals surface area contributed by atoms with Gasteiger partial charge in [0.25, 0.3) is 0 Å². The van der Waals surface area contributed by atoms with E-state index in [4.69, 9.17) is 4.99 Å². The fourth-order valence-corrected chi connectivity index (χ4v) is 5.54. The molecule has 0 radical (unpaired) electrons. The van der Waals surface area contributed by atoms with Crippen molar-refractivity contribution < 1.29 is 0 Å². The largest absolute Gasteiger partial charge is 0.346 e. The van der Waals surface area contributed by atoms with Gasteiger partial charge < -0.3 is 9.47 Å². The lowest BCUT2D eigenvalue weighted by molar-refractivity contribution is 0.320. The number of pyridine rings is 1. The van der Waals surface area contributed by atoms with Gasteiger partial charge in [-0.25, -0.2) is 0 Å². The Labute approximate surface area is 153 Å². The Hall–Kier alpha value is -1.75. The Morgan fingerprint density at radius 2 is 2.04 bits per heavy atom. The van der Waals surface area contributed by atoms with Crippen LogP contribution in [-0.2, 0) is 0 Å². The van der Waals surface area contributed by atoms with Gasteiger partial charge in [0.15, 0.2) is 5.17 Å². The van der Waals surface area contributed by atoms with E-state index in [1.54, 1.807) is 0 Å². The summed E-state index contributed by atoms with van der Waals surface area (Å²) < 4.78 is 2.55. The van der Waals surface area contributed by atoms with Crippen LogP contribution in [0.2, 0.25) is 0 Å². The van der Waals surface area contributed by atoms with Crippen molar-refractivity contribution in [2.75, 3.05) is 6.54 Å². The highest BCUT2D eigenvalue weighted by molar-refractivity contribution is 8.14. The molecule has 25 heavy (non-hydrogen) atoms. The van der Waals surface area contributed by atoms with Crippen LogP contribution in [0.4, 0.5) is 0 Å². The van der Waals surface area contributed by atoms with Crippen molar-refractivity contribution in [2.45, 2.75) is 57.0 Å². The molecule has 2 aliphatic heterocycles. The third-order valence-electron chi connectivity index (χ3n) is 5.64. The maximum atomic E-state index is 5.10. The van der Waals surface area contributed by atoms with E-state index < -0.39 is 0 Å². The molecule has 0 aromatic carbocycles. The molecule has 2 fully saturated rings. The van der Waals surface area contributed by atoms with Gasteiger partial charge in [-0.05, 0) is 50.5 Å². The highest BCUT2D eigenvalue weighted by Gasteiger charge is 2.45. The Kier molecular flexibility index (Phi) is 3.49. The van der Waals surface area contributed by atoms with Crippen molar-refractivity contribution in [2.24, 2.45) is 4.99 Å². The lowest BCUT2D eigenvalue weighted by Crippen LogP contribution is -2.28. The van der Waals surface area contributed by atoms with Crippen molar-refractivity contribution in [1.29, 1.82) is 0 Å². The van der Waals surface area contributed by atoms with E-state index >= 15 is 0 Å². The van der Waals surface area contributed by atoms with Crippen molar-refractivity contribution in [3.8, 4) is 0 Å². The number of aromatic nitrogens is 2. The van der Waals surface area contributed by atoms with Gasteiger partial charge in [-0.15, -0.1) is 0 Å². The summed E-state index contributed by atoms with van der Waals surface area (Å²) in [5, 5.41) is 1.81. The maximum Gasteiger partial charge on any atom is 0.160 e. The van der Waals surface area contributed by atoms with E-state index in [2.05, 4.69) is 53.4 Å². The molecule has 0 unspecified atom stereocenters. The lowest BCUT2D eigenvalue weighted by atomic mass is 9.96. The first-order valence-electron chi connectivity index (χ1n) is 9.24. The first kappa shape index (κ1) is 15.5. The fraction of sp³-hybridized carbons (Fsp3) is 0.500. The lowest BCUT2D eigenvalue weighted by Gasteiger charge is -2.27. The second-order valence-electron chi connectivity index (χ2n) is 7.56. The van der Waals surface area contributed by atoms with Crippen molar-refractivity contribution in [3.05, 3.63) is 53.1 Å². The molecule has 5 heteroatoms. The van der Waals surface area contributed by atoms with Gasteiger partial charge in [-0.1, -0.05) is 24.8 Å². The van der Waals surface area contributed by atoms with Crippen LogP contribution in [0.3, 0.4) is 0 Å². The van der Waals surface area contributed by atoms with Crippen LogP contribution >= 0.6 is 11.8 Å². The summed E-state index contributed by atoms with van der Waals surface area (Å²) in [6, 6.07) is 9.68. The Morgan fingerprint density at radius 1 is 1.20 bits per heavy atom. The SMILES string of the molecule is Cc1cc([C@@H]2[C@H](c3ccccn3)N=C3S[C@@H](C)CN32)c(C)n1C1CC1. The zero-order valence-corrected chi connectivity index (χ0v) is 15.8. The van der Waals surface area contributed by atoms with Gasteiger partial charge >= 0.3 is 0 Å². The highest BCUT2D eigenvalue weighted by atomic mass is 32.2. The van der Waals surface area contributed by atoms with Crippen LogP contribution in [0, 0.1) is 13.8 Å². The number of rotatable bonds is 3. The molecule has 1 aliphatic carbocycles. The minimum atomic E-state index is 0.101. The van der Waals surface area contributed by atoms with Crippen LogP contribution in [-0.4, -0.2) is 31.4 Å². The molecule has 1 saturated carbocycles. The molecule has 2 aromatic heterocycles. The van der Waals surface area contributed by atoms with Gasteiger partial charge in [0.2, 0.25) is 0 Å². The van der Waals surface area contributed by atoms with E-state index in [9.17, 15) is 0 Å². The number of fused-ring (bicyclic) bond motifs is 1. The summed E-state index contributed by atoms with van der Waals surface area (Å²) >= 11 is 1.91. The third-order valence-corrected chi connectivity index (χ3v) is 6.74. The van der Waals surface area contributed by atoms with Gasteiger partial charge in [0.05, 0.1) is 11.7 Å². The normalized spacial score (nSPS) is 28.4. The number of aliphatic imine (C=N–C) groups is 1. The third kappa shape index (κ3) is 2.43. The topological polar surface area (TPSA) is 33.4 Å². The molecular weight excluding hydrogens is 328 g/mol. The fourth-order valence-electron chi connectivity index (χ4n) is 4.45. The number of hydrogen-bond donors (Lipinski definition) is 0. The average molecular weight is 353 g/mol. The molecule has 1 saturated heterocycles. The van der Waals surface area contributed by atoms with Crippen molar-refractivity contribution in [3.63, 3.8) is 0 Å². The summed E-state index contributed by atoms with van der Waals surface area (Å²) in [4.78, 5) is 12.3. The average Bonchev–Trinajstić information content (AvgIpc) is 3.19. The zero-order chi connectivity index (χ0) is 17.1. The summed E-state index contributed by atoms with van der Waals surface area (Å²) in [5.74, 6) is 0. The molecule has 2 aromatic rings. The molecule has 5 rings (SSSR count). The second kappa shape index (κ2) is 5.63. The van der Waals surface area contributed by atoms with Crippen molar-refractivity contribution >= 4 is 16.9 Å². The number of hydrogen-bond acceptors (Lipinski definition) is 4. The molecule has 130 valence electrons. The second-order valence-corrected chi connectivity index (χ2v) is 8.97. The van der Waals surface area contributed by atoms with E-state index in [1.807, 2.05) is 24.0 Å². The predicted octanol–water partition coefficient (Wildman–Crippen LogP) is 4.42. The summed E-state index contributed by atoms with van der Waals surface area (Å²) in [5.41, 5.74) is 5.34. The minimum Gasteiger partial charge on any atom is -0.346 e. The van der Waals surface area contributed by atoms with E-state index in [-0.39, 0.29) is 12.1 Å². The van der Waals surface area contributed by atoms with Gasteiger partial charge in [-0.2, -0.15) is 0 Å². The molecule has 3 aliphatic rings. The van der Waals surface area contributed by atoms with E-state index in [0.717, 1.165) is 18.3 Å². The summed E-state index contributed by atoms with van der Waals surface area (Å²) in [6.07, 6.45) is 4.53. The number of aryl methyl sites for hydroxylation is 1. The number of amidine groups is 1. The highest BCUT2D eigenvalue weighted by Crippen LogP contribution is 2.49. The van der Waals surface area contributed by atoms with Crippen molar-refractivity contribution in [1.82, 2.24) is 14.5 Å². The molecule has 4 nitrogen and oxygen atoms in total. The van der Waals surface area contributed by atoms with Gasteiger partial charge in [0, 0.05) is 35.4 Å². The Morgan fingerprint density at radius 3 is 2.76 bits per heavy atom. The quantitative estimate of drug-likeness (QED) is 0.820. The van der Waals surface area contributed by atoms with Crippen LogP contribution in [0.5, 0.6) is 0 Å². The van der Waals surface area contributed by atoms with E-state index in [1.165, 1.54) is 35.0 Å².